The number of allylic oxidation sites excluding steroid dienone is 1. The molecule has 3 rings (SSSR count). The van der Waals surface area contributed by atoms with Crippen LogP contribution in [0.3, 0.4) is 0 Å². The fourth-order valence-corrected chi connectivity index (χ4v) is 2.64. The summed E-state index contributed by atoms with van der Waals surface area (Å²) in [5.41, 5.74) is 1.47. The fraction of sp³-hybridized carbons (Fsp3) is 0.158. The molecule has 2 heterocycles. The maximum atomic E-state index is 12.1. The molecule has 0 radical (unpaired) electrons. The van der Waals surface area contributed by atoms with E-state index in [-0.39, 0.29) is 12.4 Å². The number of rotatable bonds is 6. The lowest BCUT2D eigenvalue weighted by Crippen LogP contribution is -2.03. The summed E-state index contributed by atoms with van der Waals surface area (Å²) in [6.07, 6.45) is 4.67. The van der Waals surface area contributed by atoms with E-state index in [0.29, 0.717) is 28.0 Å². The van der Waals surface area contributed by atoms with Gasteiger partial charge in [-0.3, -0.25) is 9.48 Å². The summed E-state index contributed by atoms with van der Waals surface area (Å²) < 4.78 is 12.9. The lowest BCUT2D eigenvalue weighted by molar-refractivity contribution is 0.103. The lowest BCUT2D eigenvalue weighted by Gasteiger charge is -2.09. The van der Waals surface area contributed by atoms with Gasteiger partial charge in [-0.05, 0) is 48.9 Å². The van der Waals surface area contributed by atoms with Crippen LogP contribution in [0, 0.1) is 6.92 Å². The highest BCUT2D eigenvalue weighted by atomic mass is 35.5. The predicted molar refractivity (Wildman–Crippen MR) is 95.8 cm³/mol. The number of carbonyl (C=O) groups excluding carboxylic acids is 1. The Balaban J connectivity index is 1.64. The molecule has 5 nitrogen and oxygen atoms in total. The normalized spacial score (nSPS) is 11.2. The first-order chi connectivity index (χ1) is 12.0. The van der Waals surface area contributed by atoms with Crippen molar-refractivity contribution in [1.82, 2.24) is 9.78 Å². The van der Waals surface area contributed by atoms with Gasteiger partial charge in [-0.15, -0.1) is 0 Å². The molecule has 0 unspecified atom stereocenters. The van der Waals surface area contributed by atoms with Crippen LogP contribution in [0.5, 0.6) is 5.75 Å². The Morgan fingerprint density at radius 1 is 1.32 bits per heavy atom. The molecule has 0 aliphatic heterocycles. The van der Waals surface area contributed by atoms with Gasteiger partial charge in [-0.2, -0.15) is 5.10 Å². The molecule has 0 fully saturated rings. The van der Waals surface area contributed by atoms with Crippen molar-refractivity contribution in [3.63, 3.8) is 0 Å². The molecule has 3 aromatic rings. The zero-order valence-electron chi connectivity index (χ0n) is 13.9. The van der Waals surface area contributed by atoms with Crippen molar-refractivity contribution in [1.29, 1.82) is 0 Å². The average molecular weight is 357 g/mol. The van der Waals surface area contributed by atoms with E-state index in [1.165, 1.54) is 10.8 Å². The van der Waals surface area contributed by atoms with E-state index in [1.54, 1.807) is 43.6 Å². The molecule has 2 aromatic heterocycles. The fourth-order valence-electron chi connectivity index (χ4n) is 2.36. The highest BCUT2D eigenvalue weighted by Crippen LogP contribution is 2.28. The second-order valence-electron chi connectivity index (χ2n) is 5.52. The van der Waals surface area contributed by atoms with E-state index >= 15 is 0 Å². The van der Waals surface area contributed by atoms with Gasteiger partial charge in [0.25, 0.3) is 0 Å². The molecule has 0 amide bonds. The van der Waals surface area contributed by atoms with E-state index in [4.69, 9.17) is 20.8 Å². The Hall–Kier alpha value is -2.79. The minimum absolute atomic E-state index is 0.138. The van der Waals surface area contributed by atoms with Gasteiger partial charge in [0.15, 0.2) is 0 Å². The van der Waals surface area contributed by atoms with Crippen molar-refractivity contribution in [3.8, 4) is 5.75 Å². The Morgan fingerprint density at radius 2 is 2.16 bits per heavy atom. The number of para-hydroxylation sites is 1. The standard InChI is InChI=1S/C19H17ClN2O3/c1-13-4-3-5-16(20)19(13)24-12-15-7-6-14(25-15)8-9-18(23)17-10-11-21-22(17)2/h3-11H,12H2,1-2H3/b9-8+. The van der Waals surface area contributed by atoms with E-state index in [0.717, 1.165) is 5.56 Å². The maximum absolute atomic E-state index is 12.1. The number of benzene rings is 1. The minimum atomic E-state index is -0.138. The Morgan fingerprint density at radius 3 is 2.88 bits per heavy atom. The van der Waals surface area contributed by atoms with Crippen molar-refractivity contribution >= 4 is 23.5 Å². The van der Waals surface area contributed by atoms with Gasteiger partial charge in [-0.25, -0.2) is 0 Å². The molecule has 0 spiro atoms. The Kier molecular flexibility index (Phi) is 5.05. The molecule has 0 aliphatic carbocycles. The number of hydrogen-bond donors (Lipinski definition) is 0. The highest BCUT2D eigenvalue weighted by Gasteiger charge is 2.08. The molecule has 128 valence electrons. The van der Waals surface area contributed by atoms with Crippen LogP contribution in [0.1, 0.15) is 27.6 Å². The van der Waals surface area contributed by atoms with Crippen LogP contribution in [0.2, 0.25) is 5.02 Å². The van der Waals surface area contributed by atoms with Crippen LogP contribution < -0.4 is 4.74 Å². The van der Waals surface area contributed by atoms with Crippen molar-refractivity contribution in [2.24, 2.45) is 7.05 Å². The number of furan rings is 1. The van der Waals surface area contributed by atoms with Gasteiger partial charge >= 0.3 is 0 Å². The van der Waals surface area contributed by atoms with Crippen LogP contribution in [0.15, 0.2) is 53.1 Å². The lowest BCUT2D eigenvalue weighted by atomic mass is 10.2. The van der Waals surface area contributed by atoms with Crippen LogP contribution >= 0.6 is 11.6 Å². The number of ketones is 1. The molecule has 1 aromatic carbocycles. The SMILES string of the molecule is Cc1cccc(Cl)c1OCc1ccc(/C=C/C(=O)c2ccnn2C)o1. The van der Waals surface area contributed by atoms with Gasteiger partial charge in [0, 0.05) is 13.2 Å². The number of aromatic nitrogens is 2. The van der Waals surface area contributed by atoms with Gasteiger partial charge in [0.05, 0.1) is 5.02 Å². The van der Waals surface area contributed by atoms with Gasteiger partial charge < -0.3 is 9.15 Å². The first-order valence-electron chi connectivity index (χ1n) is 7.71. The highest BCUT2D eigenvalue weighted by molar-refractivity contribution is 6.32. The van der Waals surface area contributed by atoms with Gasteiger partial charge in [0.2, 0.25) is 5.78 Å². The van der Waals surface area contributed by atoms with E-state index in [1.807, 2.05) is 19.1 Å². The number of ether oxygens (including phenoxy) is 1. The zero-order chi connectivity index (χ0) is 17.8. The molecule has 0 atom stereocenters. The predicted octanol–water partition coefficient (Wildman–Crippen LogP) is 4.45. The smallest absolute Gasteiger partial charge is 0.203 e. The minimum Gasteiger partial charge on any atom is -0.484 e. The molecular formula is C19H17ClN2O3. The van der Waals surface area contributed by atoms with E-state index in [2.05, 4.69) is 5.10 Å². The average Bonchev–Trinajstić information content (AvgIpc) is 3.21. The van der Waals surface area contributed by atoms with Crippen LogP contribution in [-0.2, 0) is 13.7 Å². The first-order valence-corrected chi connectivity index (χ1v) is 8.09. The second-order valence-corrected chi connectivity index (χ2v) is 5.92. The summed E-state index contributed by atoms with van der Waals surface area (Å²) >= 11 is 6.14. The number of nitrogens with zero attached hydrogens (tertiary/aromatic N) is 2. The van der Waals surface area contributed by atoms with E-state index < -0.39 is 0 Å². The van der Waals surface area contributed by atoms with Crippen molar-refractivity contribution in [2.45, 2.75) is 13.5 Å². The van der Waals surface area contributed by atoms with Crippen LogP contribution in [0.25, 0.3) is 6.08 Å². The molecule has 0 saturated carbocycles. The molecule has 0 saturated heterocycles. The molecule has 0 N–H and O–H groups in total. The quantitative estimate of drug-likeness (QED) is 0.483. The van der Waals surface area contributed by atoms with Crippen molar-refractivity contribution in [3.05, 3.63) is 76.5 Å². The molecule has 25 heavy (non-hydrogen) atoms. The summed E-state index contributed by atoms with van der Waals surface area (Å²) in [5.74, 6) is 1.72. The molecular weight excluding hydrogens is 340 g/mol. The van der Waals surface area contributed by atoms with Gasteiger partial charge in [0.1, 0.15) is 29.6 Å². The largest absolute Gasteiger partial charge is 0.484 e. The number of hydrogen-bond acceptors (Lipinski definition) is 4. The summed E-state index contributed by atoms with van der Waals surface area (Å²) in [4.78, 5) is 12.1. The topological polar surface area (TPSA) is 57.3 Å². The number of aryl methyl sites for hydroxylation is 2. The first kappa shape index (κ1) is 17.0. The monoisotopic (exact) mass is 356 g/mol. The summed E-state index contributed by atoms with van der Waals surface area (Å²) in [5, 5.41) is 4.54. The summed E-state index contributed by atoms with van der Waals surface area (Å²) in [6, 6.07) is 10.8. The number of carbonyl (C=O) groups is 1. The third kappa shape index (κ3) is 4.00. The molecule has 0 bridgehead atoms. The van der Waals surface area contributed by atoms with E-state index in [9.17, 15) is 4.79 Å². The number of halogens is 1. The molecule has 6 heteroatoms. The summed E-state index contributed by atoms with van der Waals surface area (Å²) in [6.45, 7) is 2.19. The third-order valence-electron chi connectivity index (χ3n) is 3.68. The molecule has 0 aliphatic rings. The summed E-state index contributed by atoms with van der Waals surface area (Å²) in [7, 11) is 1.72. The second kappa shape index (κ2) is 7.40. The van der Waals surface area contributed by atoms with Gasteiger partial charge in [-0.1, -0.05) is 23.7 Å². The third-order valence-corrected chi connectivity index (χ3v) is 3.98. The maximum Gasteiger partial charge on any atom is 0.203 e. The van der Waals surface area contributed by atoms with Crippen LogP contribution in [0.4, 0.5) is 0 Å². The Bertz CT molecular complexity index is 904. The van der Waals surface area contributed by atoms with Crippen LogP contribution in [-0.4, -0.2) is 15.6 Å². The Labute approximate surface area is 150 Å². The zero-order valence-corrected chi connectivity index (χ0v) is 14.7. The van der Waals surface area contributed by atoms with Crippen molar-refractivity contribution in [2.75, 3.05) is 0 Å². The van der Waals surface area contributed by atoms with Crippen molar-refractivity contribution < 1.29 is 13.9 Å².